The molecule has 3 aliphatic rings. The molecule has 1 aromatic rings. The minimum Gasteiger partial charge on any atom is -0.381 e. The first-order valence-electron chi connectivity index (χ1n) is 10.1. The summed E-state index contributed by atoms with van der Waals surface area (Å²) in [5.74, 6) is 1.05. The highest BCUT2D eigenvalue weighted by molar-refractivity contribution is 14.0. The van der Waals surface area contributed by atoms with Crippen molar-refractivity contribution < 1.29 is 4.74 Å². The summed E-state index contributed by atoms with van der Waals surface area (Å²) < 4.78 is 5.67. The van der Waals surface area contributed by atoms with Gasteiger partial charge in [-0.15, -0.1) is 24.0 Å². The highest BCUT2D eigenvalue weighted by atomic mass is 127. The third kappa shape index (κ3) is 4.77. The number of hydrogen-bond acceptors (Lipinski definition) is 3. The molecule has 1 N–H and O–H groups in total. The predicted molar refractivity (Wildman–Crippen MR) is 121 cm³/mol. The lowest BCUT2D eigenvalue weighted by atomic mass is 9.87. The van der Waals surface area contributed by atoms with E-state index in [0.29, 0.717) is 11.5 Å². The largest absolute Gasteiger partial charge is 0.381 e. The monoisotopic (exact) mass is 484 g/mol. The first kappa shape index (κ1) is 20.9. The van der Waals surface area contributed by atoms with E-state index in [4.69, 9.17) is 4.74 Å². The molecule has 6 heteroatoms. The number of nitrogens with zero attached hydrogens (tertiary/aromatic N) is 3. The normalized spacial score (nSPS) is 27.1. The van der Waals surface area contributed by atoms with Crippen LogP contribution in [0.1, 0.15) is 37.3 Å². The van der Waals surface area contributed by atoms with Crippen LogP contribution >= 0.6 is 24.0 Å². The van der Waals surface area contributed by atoms with Crippen molar-refractivity contribution in [1.82, 2.24) is 15.1 Å². The fourth-order valence-corrected chi connectivity index (χ4v) is 4.79. The van der Waals surface area contributed by atoms with E-state index in [9.17, 15) is 0 Å². The highest BCUT2D eigenvalue weighted by Gasteiger charge is 2.42. The number of rotatable bonds is 4. The lowest BCUT2D eigenvalue weighted by Crippen LogP contribution is -2.45. The molecule has 1 aromatic carbocycles. The van der Waals surface area contributed by atoms with E-state index >= 15 is 0 Å². The van der Waals surface area contributed by atoms with Gasteiger partial charge in [0, 0.05) is 38.7 Å². The first-order chi connectivity index (χ1) is 12.8. The number of hydrogen-bond donors (Lipinski definition) is 1. The van der Waals surface area contributed by atoms with E-state index in [-0.39, 0.29) is 24.0 Å². The summed E-state index contributed by atoms with van der Waals surface area (Å²) in [5, 5.41) is 3.69. The number of benzene rings is 1. The van der Waals surface area contributed by atoms with Crippen molar-refractivity contribution in [2.24, 2.45) is 10.4 Å². The maximum absolute atomic E-state index is 5.67. The fourth-order valence-electron chi connectivity index (χ4n) is 4.79. The SMILES string of the molecule is CN=C(NCC(c1ccccc1)N1CCCC1)N1CCC2(CCOC2)C1.I. The van der Waals surface area contributed by atoms with Crippen LogP contribution in [0, 0.1) is 5.41 Å². The van der Waals surface area contributed by atoms with Crippen molar-refractivity contribution >= 4 is 29.9 Å². The zero-order valence-electron chi connectivity index (χ0n) is 16.4. The smallest absolute Gasteiger partial charge is 0.193 e. The molecule has 3 fully saturated rings. The standard InChI is InChI=1S/C21H32N4O.HI/c1-22-20(25-13-9-21(16-25)10-14-26-17-21)23-15-19(24-11-5-6-12-24)18-7-3-2-4-8-18;/h2-4,7-8,19H,5-6,9-17H2,1H3,(H,22,23);1H. The molecule has 1 spiro atoms. The Labute approximate surface area is 180 Å². The number of aliphatic imine (C=N–C) groups is 1. The van der Waals surface area contributed by atoms with Crippen LogP contribution in [0.3, 0.4) is 0 Å². The highest BCUT2D eigenvalue weighted by Crippen LogP contribution is 2.38. The molecule has 5 nitrogen and oxygen atoms in total. The van der Waals surface area contributed by atoms with Gasteiger partial charge in [0.15, 0.2) is 5.96 Å². The average Bonchev–Trinajstić information content (AvgIpc) is 3.44. The Morgan fingerprint density at radius 1 is 1.19 bits per heavy atom. The lowest BCUT2D eigenvalue weighted by molar-refractivity contribution is 0.156. The van der Waals surface area contributed by atoms with Crippen LogP contribution in [-0.4, -0.2) is 68.7 Å². The first-order valence-corrected chi connectivity index (χ1v) is 10.1. The summed E-state index contributed by atoms with van der Waals surface area (Å²) in [5.41, 5.74) is 1.77. The second-order valence-electron chi connectivity index (χ2n) is 8.07. The maximum atomic E-state index is 5.67. The van der Waals surface area contributed by atoms with Crippen molar-refractivity contribution in [2.45, 2.75) is 31.7 Å². The molecule has 2 atom stereocenters. The van der Waals surface area contributed by atoms with E-state index in [1.54, 1.807) is 0 Å². The van der Waals surface area contributed by atoms with Crippen molar-refractivity contribution in [3.05, 3.63) is 35.9 Å². The van der Waals surface area contributed by atoms with Gasteiger partial charge in [0.05, 0.1) is 12.6 Å². The lowest BCUT2D eigenvalue weighted by Gasteiger charge is -2.31. The van der Waals surface area contributed by atoms with Gasteiger partial charge in [-0.25, -0.2) is 0 Å². The number of halogens is 1. The van der Waals surface area contributed by atoms with Crippen LogP contribution in [0.25, 0.3) is 0 Å². The third-order valence-electron chi connectivity index (χ3n) is 6.35. The maximum Gasteiger partial charge on any atom is 0.193 e. The van der Waals surface area contributed by atoms with E-state index in [1.807, 2.05) is 7.05 Å². The van der Waals surface area contributed by atoms with Crippen LogP contribution in [-0.2, 0) is 4.74 Å². The molecular weight excluding hydrogens is 451 g/mol. The summed E-state index contributed by atoms with van der Waals surface area (Å²) in [6.07, 6.45) is 5.04. The number of likely N-dealkylation sites (tertiary alicyclic amines) is 2. The molecule has 0 aliphatic carbocycles. The van der Waals surface area contributed by atoms with E-state index in [2.05, 4.69) is 50.4 Å². The van der Waals surface area contributed by atoms with Gasteiger partial charge in [0.2, 0.25) is 0 Å². The Bertz CT molecular complexity index is 612. The zero-order chi connectivity index (χ0) is 17.8. The molecule has 0 bridgehead atoms. The molecule has 3 heterocycles. The summed E-state index contributed by atoms with van der Waals surface area (Å²) in [4.78, 5) is 9.64. The Morgan fingerprint density at radius 3 is 2.63 bits per heavy atom. The average molecular weight is 484 g/mol. The molecule has 0 aromatic heterocycles. The molecule has 4 rings (SSSR count). The van der Waals surface area contributed by atoms with Gasteiger partial charge in [-0.2, -0.15) is 0 Å². The van der Waals surface area contributed by atoms with Crippen molar-refractivity contribution in [3.8, 4) is 0 Å². The summed E-state index contributed by atoms with van der Waals surface area (Å²) in [7, 11) is 1.91. The van der Waals surface area contributed by atoms with Gasteiger partial charge >= 0.3 is 0 Å². The Kier molecular flexibility index (Phi) is 7.39. The summed E-state index contributed by atoms with van der Waals surface area (Å²) in [6, 6.07) is 11.3. The van der Waals surface area contributed by atoms with Crippen LogP contribution in [0.15, 0.2) is 35.3 Å². The molecule has 3 saturated heterocycles. The molecule has 150 valence electrons. The van der Waals surface area contributed by atoms with Crippen LogP contribution in [0.2, 0.25) is 0 Å². The van der Waals surface area contributed by atoms with Gasteiger partial charge < -0.3 is 15.0 Å². The fraction of sp³-hybridized carbons (Fsp3) is 0.667. The Morgan fingerprint density at radius 2 is 1.96 bits per heavy atom. The van der Waals surface area contributed by atoms with Gasteiger partial charge in [-0.1, -0.05) is 30.3 Å². The third-order valence-corrected chi connectivity index (χ3v) is 6.35. The quantitative estimate of drug-likeness (QED) is 0.405. The number of ether oxygens (including phenoxy) is 1. The van der Waals surface area contributed by atoms with Crippen LogP contribution in [0.5, 0.6) is 0 Å². The molecular formula is C21H33IN4O. The van der Waals surface area contributed by atoms with Crippen LogP contribution in [0.4, 0.5) is 0 Å². The summed E-state index contributed by atoms with van der Waals surface area (Å²) >= 11 is 0. The topological polar surface area (TPSA) is 40.1 Å². The van der Waals surface area contributed by atoms with Crippen molar-refractivity contribution in [1.29, 1.82) is 0 Å². The molecule has 0 amide bonds. The van der Waals surface area contributed by atoms with E-state index in [1.165, 1.54) is 44.3 Å². The number of nitrogens with one attached hydrogen (secondary N) is 1. The second kappa shape index (κ2) is 9.56. The minimum absolute atomic E-state index is 0. The van der Waals surface area contributed by atoms with Gasteiger partial charge in [-0.3, -0.25) is 9.89 Å². The van der Waals surface area contributed by atoms with Gasteiger partial charge in [0.1, 0.15) is 0 Å². The molecule has 0 radical (unpaired) electrons. The van der Waals surface area contributed by atoms with E-state index < -0.39 is 0 Å². The Hall–Kier alpha value is -0.860. The van der Waals surface area contributed by atoms with Gasteiger partial charge in [-0.05, 0) is 44.3 Å². The van der Waals surface area contributed by atoms with Crippen molar-refractivity contribution in [2.75, 3.05) is 53.0 Å². The van der Waals surface area contributed by atoms with E-state index in [0.717, 1.165) is 38.8 Å². The molecule has 0 saturated carbocycles. The minimum atomic E-state index is 0. The van der Waals surface area contributed by atoms with Gasteiger partial charge in [0.25, 0.3) is 0 Å². The molecule has 2 unspecified atom stereocenters. The summed E-state index contributed by atoms with van der Waals surface area (Å²) in [6.45, 7) is 7.31. The number of guanidine groups is 1. The van der Waals surface area contributed by atoms with Crippen molar-refractivity contribution in [3.63, 3.8) is 0 Å². The Balaban J connectivity index is 0.00000210. The second-order valence-corrected chi connectivity index (χ2v) is 8.07. The molecule has 27 heavy (non-hydrogen) atoms. The van der Waals surface area contributed by atoms with Crippen LogP contribution < -0.4 is 5.32 Å². The predicted octanol–water partition coefficient (Wildman–Crippen LogP) is 3.13. The zero-order valence-corrected chi connectivity index (χ0v) is 18.7. The molecule has 3 aliphatic heterocycles.